The van der Waals surface area contributed by atoms with Crippen molar-refractivity contribution < 1.29 is 9.53 Å². The van der Waals surface area contributed by atoms with E-state index in [-0.39, 0.29) is 11.7 Å². The lowest BCUT2D eigenvalue weighted by Crippen LogP contribution is -2.34. The van der Waals surface area contributed by atoms with E-state index < -0.39 is 0 Å². The summed E-state index contributed by atoms with van der Waals surface area (Å²) in [5.74, 6) is 0.955. The maximum Gasteiger partial charge on any atom is 0.410 e. The third-order valence-corrected chi connectivity index (χ3v) is 4.26. The minimum atomic E-state index is -0.361. The van der Waals surface area contributed by atoms with Crippen LogP contribution in [0.2, 0.25) is 0 Å². The van der Waals surface area contributed by atoms with E-state index in [2.05, 4.69) is 48.5 Å². The Balaban J connectivity index is -0.000000344. The van der Waals surface area contributed by atoms with E-state index in [4.69, 9.17) is 4.74 Å². The quantitative estimate of drug-likeness (QED) is 0.416. The van der Waals surface area contributed by atoms with E-state index in [1.54, 1.807) is 4.90 Å². The molecular weight excluding hydrogens is 346 g/mol. The molecule has 1 amide bonds. The minimum Gasteiger partial charge on any atom is -0.444 e. The standard InChI is InChI=1S/C9H17NO2.C9H20.C4H10.C3H8/c1-9(2,3)12-8(11)10-6-4-5-7-10;1-4-6-7-8-9(3)5-2;1-3-4-2;1-3-2/h4-7H2,1-3H3;9H,4-8H2,1-3H3;3-4H2,1-2H3;3H2,1-2H3. The molecule has 1 fully saturated rings. The predicted octanol–water partition coefficient (Wildman–Crippen LogP) is 8.85. The normalized spacial score (nSPS) is 13.9. The van der Waals surface area contributed by atoms with Gasteiger partial charge in [-0.05, 0) is 39.5 Å². The highest BCUT2D eigenvalue weighted by atomic mass is 16.6. The summed E-state index contributed by atoms with van der Waals surface area (Å²) < 4.78 is 5.21. The first-order chi connectivity index (χ1) is 13.1. The zero-order chi connectivity index (χ0) is 22.4. The van der Waals surface area contributed by atoms with Crippen molar-refractivity contribution in [3.63, 3.8) is 0 Å². The zero-order valence-corrected chi connectivity index (χ0v) is 21.3. The van der Waals surface area contributed by atoms with Gasteiger partial charge >= 0.3 is 6.09 Å². The summed E-state index contributed by atoms with van der Waals surface area (Å²) in [5, 5.41) is 0. The number of ether oxygens (including phenoxy) is 1. The molecule has 0 spiro atoms. The molecule has 3 heteroatoms. The second kappa shape index (κ2) is 22.6. The number of hydrogen-bond donors (Lipinski definition) is 0. The number of nitrogens with zero attached hydrogens (tertiary/aromatic N) is 1. The summed E-state index contributed by atoms with van der Waals surface area (Å²) in [4.78, 5) is 13.1. The fourth-order valence-electron chi connectivity index (χ4n) is 2.17. The molecule has 0 saturated carbocycles. The molecule has 28 heavy (non-hydrogen) atoms. The van der Waals surface area contributed by atoms with E-state index >= 15 is 0 Å². The van der Waals surface area contributed by atoms with Gasteiger partial charge in [0.05, 0.1) is 0 Å². The van der Waals surface area contributed by atoms with Crippen molar-refractivity contribution in [2.75, 3.05) is 13.1 Å². The van der Waals surface area contributed by atoms with Crippen molar-refractivity contribution in [3.8, 4) is 0 Å². The number of rotatable bonds is 6. The Bertz CT molecular complexity index is 302. The van der Waals surface area contributed by atoms with E-state index in [0.717, 1.165) is 31.8 Å². The van der Waals surface area contributed by atoms with Gasteiger partial charge in [0, 0.05) is 13.1 Å². The molecule has 0 aliphatic carbocycles. The molecular formula is C25H55NO2. The second-order valence-corrected chi connectivity index (χ2v) is 8.89. The molecule has 1 saturated heterocycles. The van der Waals surface area contributed by atoms with E-state index in [9.17, 15) is 4.79 Å². The Morgan fingerprint density at radius 2 is 1.36 bits per heavy atom. The highest BCUT2D eigenvalue weighted by molar-refractivity contribution is 5.68. The second-order valence-electron chi connectivity index (χ2n) is 8.89. The van der Waals surface area contributed by atoms with Crippen LogP contribution in [0.5, 0.6) is 0 Å². The fraction of sp³-hybridized carbons (Fsp3) is 0.960. The van der Waals surface area contributed by atoms with Crippen LogP contribution in [0.1, 0.15) is 133 Å². The van der Waals surface area contributed by atoms with Crippen LogP contribution in [-0.4, -0.2) is 29.7 Å². The van der Waals surface area contributed by atoms with Crippen LogP contribution >= 0.6 is 0 Å². The summed E-state index contributed by atoms with van der Waals surface area (Å²) in [5.41, 5.74) is -0.361. The van der Waals surface area contributed by atoms with Gasteiger partial charge in [-0.15, -0.1) is 0 Å². The molecule has 1 unspecified atom stereocenters. The molecule has 1 rings (SSSR count). The number of carbonyl (C=O) groups excluding carboxylic acids is 1. The Kier molecular flexibility index (Phi) is 25.7. The molecule has 1 heterocycles. The summed E-state index contributed by atoms with van der Waals surface area (Å²) in [7, 11) is 0. The van der Waals surface area contributed by atoms with Gasteiger partial charge < -0.3 is 9.64 Å². The van der Waals surface area contributed by atoms with Crippen molar-refractivity contribution >= 4 is 6.09 Å². The lowest BCUT2D eigenvalue weighted by atomic mass is 10.0. The van der Waals surface area contributed by atoms with Gasteiger partial charge in [0.15, 0.2) is 0 Å². The van der Waals surface area contributed by atoms with Gasteiger partial charge in [0.1, 0.15) is 5.60 Å². The first-order valence-corrected chi connectivity index (χ1v) is 12.1. The molecule has 1 aliphatic rings. The van der Waals surface area contributed by atoms with Crippen molar-refractivity contribution in [2.24, 2.45) is 5.92 Å². The Morgan fingerprint density at radius 3 is 1.68 bits per heavy atom. The van der Waals surface area contributed by atoms with Gasteiger partial charge in [-0.1, -0.05) is 99.8 Å². The van der Waals surface area contributed by atoms with Crippen LogP contribution in [0.15, 0.2) is 0 Å². The van der Waals surface area contributed by atoms with Crippen LogP contribution in [0, 0.1) is 5.92 Å². The Hall–Kier alpha value is -0.730. The maximum absolute atomic E-state index is 11.4. The van der Waals surface area contributed by atoms with Gasteiger partial charge in [0.2, 0.25) is 0 Å². The van der Waals surface area contributed by atoms with Gasteiger partial charge in [-0.2, -0.15) is 0 Å². The SMILES string of the molecule is CC(C)(C)OC(=O)N1CCCC1.CCC.CCCC.CCCCCC(C)CC. The van der Waals surface area contributed by atoms with Crippen LogP contribution < -0.4 is 0 Å². The zero-order valence-electron chi connectivity index (χ0n) is 21.3. The summed E-state index contributed by atoms with van der Waals surface area (Å²) in [6.45, 7) is 22.9. The Labute approximate surface area is 179 Å². The summed E-state index contributed by atoms with van der Waals surface area (Å²) >= 11 is 0. The lowest BCUT2D eigenvalue weighted by Gasteiger charge is -2.23. The van der Waals surface area contributed by atoms with Crippen molar-refractivity contribution in [1.29, 1.82) is 0 Å². The minimum absolute atomic E-state index is 0.167. The largest absolute Gasteiger partial charge is 0.444 e. The number of hydrogen-bond acceptors (Lipinski definition) is 2. The molecule has 1 aliphatic heterocycles. The fourth-order valence-corrected chi connectivity index (χ4v) is 2.17. The molecule has 0 bridgehead atoms. The van der Waals surface area contributed by atoms with Gasteiger partial charge in [-0.25, -0.2) is 4.79 Å². The summed E-state index contributed by atoms with van der Waals surface area (Å²) in [6, 6.07) is 0. The smallest absolute Gasteiger partial charge is 0.410 e. The van der Waals surface area contributed by atoms with Crippen LogP contribution in [0.4, 0.5) is 4.79 Å². The highest BCUT2D eigenvalue weighted by Crippen LogP contribution is 2.14. The number of unbranched alkanes of at least 4 members (excludes halogenated alkanes) is 3. The summed E-state index contributed by atoms with van der Waals surface area (Å²) in [6.07, 6.45) is 12.9. The third-order valence-electron chi connectivity index (χ3n) is 4.26. The molecule has 0 radical (unpaired) electrons. The lowest BCUT2D eigenvalue weighted by molar-refractivity contribution is 0.0295. The maximum atomic E-state index is 11.4. The van der Waals surface area contributed by atoms with Crippen LogP contribution in [-0.2, 0) is 4.74 Å². The Morgan fingerprint density at radius 1 is 0.893 bits per heavy atom. The first kappa shape index (κ1) is 31.9. The third kappa shape index (κ3) is 27.5. The molecule has 0 aromatic carbocycles. The average Bonchev–Trinajstić information content (AvgIpc) is 3.17. The topological polar surface area (TPSA) is 29.5 Å². The number of carbonyl (C=O) groups is 1. The van der Waals surface area contributed by atoms with E-state index in [1.165, 1.54) is 51.4 Å². The molecule has 0 aromatic rings. The van der Waals surface area contributed by atoms with Crippen molar-refractivity contribution in [3.05, 3.63) is 0 Å². The van der Waals surface area contributed by atoms with Gasteiger partial charge in [-0.3, -0.25) is 0 Å². The van der Waals surface area contributed by atoms with Crippen LogP contribution in [0.25, 0.3) is 0 Å². The molecule has 3 nitrogen and oxygen atoms in total. The predicted molar refractivity (Wildman–Crippen MR) is 127 cm³/mol. The molecule has 1 atom stereocenters. The van der Waals surface area contributed by atoms with E-state index in [1.807, 2.05) is 20.8 Å². The molecule has 0 N–H and O–H groups in total. The molecule has 172 valence electrons. The monoisotopic (exact) mass is 401 g/mol. The van der Waals surface area contributed by atoms with Crippen molar-refractivity contribution in [2.45, 2.75) is 139 Å². The van der Waals surface area contributed by atoms with E-state index in [0.29, 0.717) is 0 Å². The van der Waals surface area contributed by atoms with Gasteiger partial charge in [0.25, 0.3) is 0 Å². The number of amides is 1. The highest BCUT2D eigenvalue weighted by Gasteiger charge is 2.23. The van der Waals surface area contributed by atoms with Crippen LogP contribution in [0.3, 0.4) is 0 Å². The average molecular weight is 402 g/mol. The number of likely N-dealkylation sites (tertiary alicyclic amines) is 1. The molecule has 0 aromatic heterocycles. The first-order valence-electron chi connectivity index (χ1n) is 12.1. The van der Waals surface area contributed by atoms with Crippen molar-refractivity contribution in [1.82, 2.24) is 4.90 Å².